The number of aliphatic hydroxyl groups is 2. The Morgan fingerprint density at radius 1 is 1.50 bits per heavy atom. The summed E-state index contributed by atoms with van der Waals surface area (Å²) in [5.41, 5.74) is 0.280. The molecule has 0 fully saturated rings. The number of sulfonamides is 1. The summed E-state index contributed by atoms with van der Waals surface area (Å²) in [6.45, 7) is 7.32. The number of nitrogens with one attached hydrogen (secondary N) is 1. The average molecular weight is 372 g/mol. The molecule has 0 spiro atoms. The molecule has 0 saturated heterocycles. The quantitative estimate of drug-likeness (QED) is 0.474. The van der Waals surface area contributed by atoms with Crippen LogP contribution in [0.4, 0.5) is 0 Å². The van der Waals surface area contributed by atoms with E-state index in [2.05, 4.69) is 11.9 Å². The third kappa shape index (κ3) is 4.54. The van der Waals surface area contributed by atoms with E-state index in [1.165, 1.54) is 13.8 Å². The van der Waals surface area contributed by atoms with Crippen LogP contribution in [0.3, 0.4) is 0 Å². The number of hydrogen-bond donors (Lipinski definition) is 4. The Hall–Kier alpha value is -0.430. The molecule has 2 atom stereocenters. The molecule has 0 aromatic rings. The number of rotatable bonds is 5. The topological polar surface area (TPSA) is 147 Å². The standard InChI is InChI=1S/C11H20N2O6S3/c1-6-5-9(13-11(4,14)15)7(2)10(21(6,16)17)20-8(3)22(12,18)19/h6,9,13-15H,3,5H2,1-2,4H3,(H2,12,18,19). The molecule has 0 bridgehead atoms. The average Bonchev–Trinajstić information content (AvgIpc) is 2.28. The van der Waals surface area contributed by atoms with Crippen LogP contribution in [-0.2, 0) is 19.9 Å². The summed E-state index contributed by atoms with van der Waals surface area (Å²) in [6.07, 6.45) is 0.122. The highest BCUT2D eigenvalue weighted by atomic mass is 32.3. The van der Waals surface area contributed by atoms with Gasteiger partial charge in [-0.1, -0.05) is 18.3 Å². The van der Waals surface area contributed by atoms with E-state index in [1.54, 1.807) is 0 Å². The summed E-state index contributed by atoms with van der Waals surface area (Å²) in [5.74, 6) is -2.19. The van der Waals surface area contributed by atoms with Gasteiger partial charge >= 0.3 is 0 Å². The molecule has 0 amide bonds. The van der Waals surface area contributed by atoms with Crippen LogP contribution >= 0.6 is 11.8 Å². The summed E-state index contributed by atoms with van der Waals surface area (Å²) >= 11 is 0.457. The summed E-state index contributed by atoms with van der Waals surface area (Å²) < 4.78 is 46.6. The Kier molecular flexibility index (Phi) is 5.55. The van der Waals surface area contributed by atoms with E-state index < -0.39 is 41.3 Å². The lowest BCUT2D eigenvalue weighted by molar-refractivity contribution is -0.174. The van der Waals surface area contributed by atoms with E-state index in [0.717, 1.165) is 6.92 Å². The van der Waals surface area contributed by atoms with E-state index in [0.29, 0.717) is 11.8 Å². The molecule has 5 N–H and O–H groups in total. The van der Waals surface area contributed by atoms with Gasteiger partial charge in [0.15, 0.2) is 9.84 Å². The van der Waals surface area contributed by atoms with Gasteiger partial charge in [-0.15, -0.1) is 0 Å². The largest absolute Gasteiger partial charge is 0.354 e. The molecule has 1 aliphatic rings. The lowest BCUT2D eigenvalue weighted by Crippen LogP contribution is -2.51. The number of sulfone groups is 1. The Morgan fingerprint density at radius 2 is 2.00 bits per heavy atom. The first-order valence-corrected chi connectivity index (χ1v) is 10.1. The first-order chi connectivity index (χ1) is 9.66. The van der Waals surface area contributed by atoms with Crippen LogP contribution in [0.5, 0.6) is 0 Å². The third-order valence-corrected chi connectivity index (χ3v) is 8.53. The fourth-order valence-corrected chi connectivity index (χ4v) is 6.03. The first kappa shape index (κ1) is 19.6. The second-order valence-corrected chi connectivity index (χ2v) is 10.8. The highest BCUT2D eigenvalue weighted by Gasteiger charge is 2.39. The van der Waals surface area contributed by atoms with Crippen LogP contribution in [0, 0.1) is 0 Å². The summed E-state index contributed by atoms with van der Waals surface area (Å²) in [6, 6.07) is -0.644. The van der Waals surface area contributed by atoms with E-state index in [4.69, 9.17) is 5.14 Å². The minimum Gasteiger partial charge on any atom is -0.354 e. The molecule has 0 aliphatic carbocycles. The van der Waals surface area contributed by atoms with Crippen LogP contribution in [0.25, 0.3) is 0 Å². The van der Waals surface area contributed by atoms with E-state index in [9.17, 15) is 27.0 Å². The summed E-state index contributed by atoms with van der Waals surface area (Å²) in [7, 11) is -7.83. The van der Waals surface area contributed by atoms with E-state index in [1.807, 2.05) is 0 Å². The van der Waals surface area contributed by atoms with Crippen molar-refractivity contribution in [2.24, 2.45) is 5.14 Å². The molecule has 0 saturated carbocycles. The second kappa shape index (κ2) is 6.23. The molecule has 128 valence electrons. The predicted molar refractivity (Wildman–Crippen MR) is 85.3 cm³/mol. The van der Waals surface area contributed by atoms with Gasteiger partial charge < -0.3 is 10.2 Å². The minimum atomic E-state index is -4.10. The van der Waals surface area contributed by atoms with Crippen molar-refractivity contribution < 1.29 is 27.0 Å². The van der Waals surface area contributed by atoms with Gasteiger partial charge in [0.25, 0.3) is 0 Å². The summed E-state index contributed by atoms with van der Waals surface area (Å²) in [4.78, 5) is 0. The van der Waals surface area contributed by atoms with Gasteiger partial charge in [0.1, 0.15) is 8.47 Å². The Bertz CT molecular complexity index is 703. The van der Waals surface area contributed by atoms with Gasteiger partial charge in [0, 0.05) is 13.0 Å². The highest BCUT2D eigenvalue weighted by Crippen LogP contribution is 2.41. The Labute approximate surface area is 134 Å². The smallest absolute Gasteiger partial charge is 0.243 e. The van der Waals surface area contributed by atoms with Gasteiger partial charge in [0.05, 0.1) is 5.25 Å². The fourth-order valence-electron chi connectivity index (χ4n) is 1.98. The third-order valence-electron chi connectivity index (χ3n) is 3.17. The molecule has 0 radical (unpaired) electrons. The molecule has 8 nitrogen and oxygen atoms in total. The van der Waals surface area contributed by atoms with Gasteiger partial charge in [-0.2, -0.15) is 0 Å². The lowest BCUT2D eigenvalue weighted by Gasteiger charge is -2.34. The van der Waals surface area contributed by atoms with Crippen molar-refractivity contribution in [2.75, 3.05) is 0 Å². The van der Waals surface area contributed by atoms with Crippen LogP contribution in [0.15, 0.2) is 20.6 Å². The molecule has 11 heteroatoms. The maximum atomic E-state index is 12.4. The van der Waals surface area contributed by atoms with Crippen molar-refractivity contribution in [1.29, 1.82) is 0 Å². The Balaban J connectivity index is 3.32. The zero-order valence-electron chi connectivity index (χ0n) is 12.4. The first-order valence-electron chi connectivity index (χ1n) is 6.23. The van der Waals surface area contributed by atoms with Crippen LogP contribution in [-0.4, -0.2) is 44.3 Å². The van der Waals surface area contributed by atoms with Crippen molar-refractivity contribution in [2.45, 2.75) is 44.4 Å². The predicted octanol–water partition coefficient (Wildman–Crippen LogP) is -0.466. The molecule has 0 aromatic heterocycles. The van der Waals surface area contributed by atoms with Gasteiger partial charge in [0.2, 0.25) is 15.9 Å². The van der Waals surface area contributed by atoms with Crippen molar-refractivity contribution in [3.63, 3.8) is 0 Å². The number of nitrogens with two attached hydrogens (primary N) is 1. The van der Waals surface area contributed by atoms with Crippen LogP contribution in [0.1, 0.15) is 27.2 Å². The van der Waals surface area contributed by atoms with Crippen molar-refractivity contribution in [3.8, 4) is 0 Å². The minimum absolute atomic E-state index is 0.122. The normalized spacial score (nSPS) is 26.1. The maximum Gasteiger partial charge on any atom is 0.243 e. The number of hydrogen-bond acceptors (Lipinski definition) is 8. The summed E-state index contributed by atoms with van der Waals surface area (Å²) in [5, 5.41) is 25.5. The van der Waals surface area contributed by atoms with E-state index in [-0.39, 0.29) is 16.2 Å². The monoisotopic (exact) mass is 372 g/mol. The molecule has 1 aliphatic heterocycles. The maximum absolute atomic E-state index is 12.4. The van der Waals surface area contributed by atoms with Crippen molar-refractivity contribution in [3.05, 3.63) is 20.6 Å². The molecular formula is C11H20N2O6S3. The zero-order chi connectivity index (χ0) is 17.5. The Morgan fingerprint density at radius 3 is 2.41 bits per heavy atom. The van der Waals surface area contributed by atoms with Crippen LogP contribution < -0.4 is 10.5 Å². The van der Waals surface area contributed by atoms with Gasteiger partial charge in [-0.05, 0) is 25.8 Å². The molecule has 0 aromatic carbocycles. The zero-order valence-corrected chi connectivity index (χ0v) is 14.8. The van der Waals surface area contributed by atoms with E-state index >= 15 is 0 Å². The molecule has 1 rings (SSSR count). The van der Waals surface area contributed by atoms with Crippen LogP contribution in [0.2, 0.25) is 0 Å². The highest BCUT2D eigenvalue weighted by molar-refractivity contribution is 8.27. The fraction of sp³-hybridized carbons (Fsp3) is 0.636. The molecule has 22 heavy (non-hydrogen) atoms. The lowest BCUT2D eigenvalue weighted by atomic mass is 10.0. The van der Waals surface area contributed by atoms with Crippen molar-refractivity contribution >= 4 is 31.6 Å². The van der Waals surface area contributed by atoms with Crippen molar-refractivity contribution in [1.82, 2.24) is 5.32 Å². The SMILES string of the molecule is C=C(SC1=C(C)C(NC(C)(O)O)CC(C)S1(=O)=O)S(N)(=O)=O. The molecular weight excluding hydrogens is 352 g/mol. The molecule has 1 heterocycles. The second-order valence-electron chi connectivity index (χ2n) is 5.30. The number of primary sulfonamides is 1. The number of thioether (sulfide) groups is 1. The molecule has 2 unspecified atom stereocenters. The van der Waals surface area contributed by atoms with Gasteiger partial charge in [-0.3, -0.25) is 5.32 Å². The van der Waals surface area contributed by atoms with Gasteiger partial charge in [-0.25, -0.2) is 22.0 Å².